The van der Waals surface area contributed by atoms with E-state index in [0.29, 0.717) is 6.04 Å². The molecule has 1 aromatic carbocycles. The Morgan fingerprint density at radius 3 is 2.62 bits per heavy atom. The van der Waals surface area contributed by atoms with E-state index < -0.39 is 0 Å². The molecule has 1 aliphatic rings. The average molecular weight is 284 g/mol. The van der Waals surface area contributed by atoms with Gasteiger partial charge in [0.15, 0.2) is 0 Å². The van der Waals surface area contributed by atoms with Crippen molar-refractivity contribution in [2.75, 3.05) is 6.54 Å². The third kappa shape index (κ3) is 3.98. The first-order valence-corrected chi connectivity index (χ1v) is 8.08. The molecule has 21 heavy (non-hydrogen) atoms. The van der Waals surface area contributed by atoms with Crippen molar-refractivity contribution in [3.05, 3.63) is 59.8 Å². The highest BCUT2D eigenvalue weighted by Gasteiger charge is 2.31. The number of allylic oxidation sites excluding steroid dienone is 1. The Balaban J connectivity index is 1.93. The fourth-order valence-electron chi connectivity index (χ4n) is 2.76. The zero-order valence-electron chi connectivity index (χ0n) is 13.4. The minimum absolute atomic E-state index is 0.105. The van der Waals surface area contributed by atoms with E-state index in [1.807, 2.05) is 6.92 Å². The number of nitrogens with zero attached hydrogens (tertiary/aromatic N) is 1. The Morgan fingerprint density at radius 2 is 2.05 bits per heavy atom. The lowest BCUT2D eigenvalue weighted by atomic mass is 9.91. The number of benzene rings is 1. The quantitative estimate of drug-likeness (QED) is 0.580. The molecule has 0 radical (unpaired) electrons. The molecule has 0 aromatic heterocycles. The molecule has 2 nitrogen and oxygen atoms in total. The highest BCUT2D eigenvalue weighted by molar-refractivity contribution is 5.31. The molecular weight excluding hydrogens is 256 g/mol. The van der Waals surface area contributed by atoms with E-state index in [1.54, 1.807) is 0 Å². The SMILES string of the molecule is C=C1CC(c2ccc(C(C)N)cc2)N1C/C=C\CCCC. The van der Waals surface area contributed by atoms with Crippen LogP contribution >= 0.6 is 0 Å². The zero-order chi connectivity index (χ0) is 15.2. The Labute approximate surface area is 129 Å². The third-order valence-electron chi connectivity index (χ3n) is 4.25. The predicted molar refractivity (Wildman–Crippen MR) is 90.9 cm³/mol. The first kappa shape index (κ1) is 15.8. The van der Waals surface area contributed by atoms with Crippen LogP contribution in [0.4, 0.5) is 0 Å². The summed E-state index contributed by atoms with van der Waals surface area (Å²) in [7, 11) is 0. The molecule has 1 aliphatic heterocycles. The molecule has 2 atom stereocenters. The van der Waals surface area contributed by atoms with Crippen LogP contribution in [-0.4, -0.2) is 11.4 Å². The van der Waals surface area contributed by atoms with Gasteiger partial charge in [0, 0.05) is 24.7 Å². The van der Waals surface area contributed by atoms with Crippen molar-refractivity contribution in [1.82, 2.24) is 4.90 Å². The highest BCUT2D eigenvalue weighted by Crippen LogP contribution is 2.40. The van der Waals surface area contributed by atoms with Crippen LogP contribution in [0.1, 0.15) is 62.7 Å². The highest BCUT2D eigenvalue weighted by atomic mass is 15.2. The maximum atomic E-state index is 5.91. The van der Waals surface area contributed by atoms with Gasteiger partial charge in [-0.15, -0.1) is 0 Å². The molecule has 1 fully saturated rings. The number of hydrogen-bond acceptors (Lipinski definition) is 2. The predicted octanol–water partition coefficient (Wildman–Crippen LogP) is 4.71. The van der Waals surface area contributed by atoms with Gasteiger partial charge in [0.05, 0.1) is 6.04 Å². The van der Waals surface area contributed by atoms with Crippen LogP contribution in [0.5, 0.6) is 0 Å². The van der Waals surface area contributed by atoms with Gasteiger partial charge in [0.1, 0.15) is 0 Å². The van der Waals surface area contributed by atoms with Crippen LogP contribution in [0, 0.1) is 0 Å². The van der Waals surface area contributed by atoms with E-state index in [4.69, 9.17) is 5.73 Å². The topological polar surface area (TPSA) is 29.3 Å². The van der Waals surface area contributed by atoms with Crippen molar-refractivity contribution in [2.45, 2.75) is 51.6 Å². The van der Waals surface area contributed by atoms with Crippen molar-refractivity contribution in [1.29, 1.82) is 0 Å². The first-order chi connectivity index (χ1) is 10.1. The van der Waals surface area contributed by atoms with E-state index in [1.165, 1.54) is 36.1 Å². The van der Waals surface area contributed by atoms with Gasteiger partial charge in [-0.2, -0.15) is 0 Å². The molecule has 0 bridgehead atoms. The van der Waals surface area contributed by atoms with Gasteiger partial charge in [-0.3, -0.25) is 0 Å². The number of unbranched alkanes of at least 4 members (excludes halogenated alkanes) is 2. The minimum Gasteiger partial charge on any atom is -0.364 e. The summed E-state index contributed by atoms with van der Waals surface area (Å²) >= 11 is 0. The molecular formula is C19H28N2. The second-order valence-corrected chi connectivity index (χ2v) is 6.01. The summed E-state index contributed by atoms with van der Waals surface area (Å²) < 4.78 is 0. The summed E-state index contributed by atoms with van der Waals surface area (Å²) in [5.74, 6) is 0. The van der Waals surface area contributed by atoms with Crippen LogP contribution in [-0.2, 0) is 0 Å². The molecule has 0 aliphatic carbocycles. The van der Waals surface area contributed by atoms with Gasteiger partial charge in [-0.1, -0.05) is 62.8 Å². The summed E-state index contributed by atoms with van der Waals surface area (Å²) in [6.45, 7) is 9.38. The second kappa shape index (κ2) is 7.46. The molecule has 0 saturated carbocycles. The van der Waals surface area contributed by atoms with E-state index >= 15 is 0 Å². The van der Waals surface area contributed by atoms with Crippen LogP contribution in [0.25, 0.3) is 0 Å². The van der Waals surface area contributed by atoms with Crippen molar-refractivity contribution < 1.29 is 0 Å². The normalized spacial score (nSPS) is 19.9. The standard InChI is InChI=1S/C19H28N2/c1-4-5-6-7-8-13-21-15(2)14-19(21)18-11-9-17(10-12-18)16(3)20/h7-12,16,19H,2,4-6,13-14,20H2,1,3H3/b8-7-. The van der Waals surface area contributed by atoms with Crippen LogP contribution in [0.2, 0.25) is 0 Å². The molecule has 2 heteroatoms. The number of rotatable bonds is 7. The fraction of sp³-hybridized carbons (Fsp3) is 0.474. The Kier molecular flexibility index (Phi) is 5.63. The molecule has 1 heterocycles. The van der Waals surface area contributed by atoms with Crippen molar-refractivity contribution in [3.8, 4) is 0 Å². The third-order valence-corrected chi connectivity index (χ3v) is 4.25. The molecule has 1 saturated heterocycles. The van der Waals surface area contributed by atoms with Gasteiger partial charge < -0.3 is 10.6 Å². The molecule has 0 amide bonds. The molecule has 1 aromatic rings. The van der Waals surface area contributed by atoms with Crippen LogP contribution in [0.3, 0.4) is 0 Å². The Morgan fingerprint density at radius 1 is 1.33 bits per heavy atom. The van der Waals surface area contributed by atoms with Crippen molar-refractivity contribution >= 4 is 0 Å². The van der Waals surface area contributed by atoms with Gasteiger partial charge >= 0.3 is 0 Å². The van der Waals surface area contributed by atoms with Crippen molar-refractivity contribution in [2.24, 2.45) is 5.73 Å². The molecule has 0 spiro atoms. The number of likely N-dealkylation sites (tertiary alicyclic amines) is 1. The zero-order valence-corrected chi connectivity index (χ0v) is 13.4. The van der Waals surface area contributed by atoms with E-state index in [9.17, 15) is 0 Å². The maximum Gasteiger partial charge on any atom is 0.0597 e. The fourth-order valence-corrected chi connectivity index (χ4v) is 2.76. The first-order valence-electron chi connectivity index (χ1n) is 8.08. The maximum absolute atomic E-state index is 5.91. The molecule has 2 N–H and O–H groups in total. The Hall–Kier alpha value is -1.54. The number of nitrogens with two attached hydrogens (primary N) is 1. The lowest BCUT2D eigenvalue weighted by Gasteiger charge is -2.44. The molecule has 2 rings (SSSR count). The summed E-state index contributed by atoms with van der Waals surface area (Å²) in [6, 6.07) is 9.31. The lowest BCUT2D eigenvalue weighted by molar-refractivity contribution is 0.178. The van der Waals surface area contributed by atoms with Crippen LogP contribution in [0.15, 0.2) is 48.7 Å². The van der Waals surface area contributed by atoms with E-state index in [-0.39, 0.29) is 6.04 Å². The summed E-state index contributed by atoms with van der Waals surface area (Å²) in [4.78, 5) is 2.39. The van der Waals surface area contributed by atoms with E-state index in [0.717, 1.165) is 13.0 Å². The minimum atomic E-state index is 0.105. The summed E-state index contributed by atoms with van der Waals surface area (Å²) in [5, 5.41) is 0. The summed E-state index contributed by atoms with van der Waals surface area (Å²) in [6.07, 6.45) is 9.37. The second-order valence-electron chi connectivity index (χ2n) is 6.01. The van der Waals surface area contributed by atoms with Gasteiger partial charge in [0.2, 0.25) is 0 Å². The monoisotopic (exact) mass is 284 g/mol. The van der Waals surface area contributed by atoms with Crippen molar-refractivity contribution in [3.63, 3.8) is 0 Å². The molecule has 2 unspecified atom stereocenters. The smallest absolute Gasteiger partial charge is 0.0597 e. The Bertz CT molecular complexity index is 485. The van der Waals surface area contributed by atoms with Gasteiger partial charge in [-0.05, 0) is 24.5 Å². The van der Waals surface area contributed by atoms with Crippen LogP contribution < -0.4 is 5.73 Å². The van der Waals surface area contributed by atoms with Gasteiger partial charge in [-0.25, -0.2) is 0 Å². The average Bonchev–Trinajstić information content (AvgIpc) is 2.48. The lowest BCUT2D eigenvalue weighted by Crippen LogP contribution is -2.38. The largest absolute Gasteiger partial charge is 0.364 e. The van der Waals surface area contributed by atoms with E-state index in [2.05, 4.69) is 54.8 Å². The summed E-state index contributed by atoms with van der Waals surface area (Å²) in [5.41, 5.74) is 9.72. The van der Waals surface area contributed by atoms with Gasteiger partial charge in [0.25, 0.3) is 0 Å². The molecule has 114 valence electrons. The number of hydrogen-bond donors (Lipinski definition) is 1.